The Morgan fingerprint density at radius 2 is 1.00 bits per heavy atom. The highest BCUT2D eigenvalue weighted by Crippen LogP contribution is 2.36. The van der Waals surface area contributed by atoms with Crippen molar-refractivity contribution >= 4 is 15.6 Å². The van der Waals surface area contributed by atoms with E-state index in [1.807, 2.05) is 13.8 Å². The Hall–Kier alpha value is 0.220. The van der Waals surface area contributed by atoms with E-state index < -0.39 is 15.6 Å². The van der Waals surface area contributed by atoms with Crippen LogP contribution in [0.5, 0.6) is 0 Å². The summed E-state index contributed by atoms with van der Waals surface area (Å²) in [6.07, 6.45) is 5.35. The highest BCUT2D eigenvalue weighted by atomic mass is 31.2. The molecule has 0 aromatic rings. The molecule has 0 amide bonds. The van der Waals surface area contributed by atoms with Gasteiger partial charge in [-0.25, -0.2) is 9.13 Å². The van der Waals surface area contributed by atoms with Crippen LogP contribution in [0.15, 0.2) is 0 Å². The maximum atomic E-state index is 10.1. The quantitative estimate of drug-likeness (QED) is 0.353. The lowest BCUT2D eigenvalue weighted by molar-refractivity contribution is 0.192. The monoisotopic (exact) mass is 336 g/mol. The van der Waals surface area contributed by atoms with Crippen molar-refractivity contribution in [2.24, 2.45) is 0 Å². The average Bonchev–Trinajstić information content (AvgIpc) is 2.29. The third kappa shape index (κ3) is 26.7. The molecular weight excluding hydrogens is 310 g/mol. The zero-order valence-corrected chi connectivity index (χ0v) is 13.8. The summed E-state index contributed by atoms with van der Waals surface area (Å²) in [5, 5.41) is 0. The molecular formula is C10H26O8P2. The van der Waals surface area contributed by atoms with Gasteiger partial charge < -0.3 is 19.6 Å². The second kappa shape index (κ2) is 12.9. The summed E-state index contributed by atoms with van der Waals surface area (Å²) in [4.78, 5) is 32.8. The first kappa shape index (κ1) is 22.5. The highest BCUT2D eigenvalue weighted by Gasteiger charge is 2.12. The summed E-state index contributed by atoms with van der Waals surface area (Å²) in [5.41, 5.74) is 0. The SMILES string of the molecule is CCCCCOP(=O)(O)O.CCCCCOP(=O)(O)O. The van der Waals surface area contributed by atoms with Crippen LogP contribution in [0.25, 0.3) is 0 Å². The minimum Gasteiger partial charge on any atom is -0.303 e. The molecule has 0 saturated carbocycles. The first-order chi connectivity index (χ1) is 9.12. The molecule has 0 aromatic heterocycles. The minimum absolute atomic E-state index is 0.151. The number of hydrogen-bond donors (Lipinski definition) is 4. The Bertz CT molecular complexity index is 268. The lowest BCUT2D eigenvalue weighted by Gasteiger charge is -2.02. The molecule has 0 unspecified atom stereocenters. The normalized spacial score (nSPS) is 11.9. The van der Waals surface area contributed by atoms with E-state index in [-0.39, 0.29) is 13.2 Å². The van der Waals surface area contributed by atoms with Crippen molar-refractivity contribution in [1.82, 2.24) is 0 Å². The fourth-order valence-corrected chi connectivity index (χ4v) is 1.80. The highest BCUT2D eigenvalue weighted by molar-refractivity contribution is 7.46. The van der Waals surface area contributed by atoms with Gasteiger partial charge in [0, 0.05) is 0 Å². The first-order valence-electron chi connectivity index (χ1n) is 6.52. The molecule has 0 radical (unpaired) electrons. The summed E-state index contributed by atoms with van der Waals surface area (Å²) in [6, 6.07) is 0. The minimum atomic E-state index is -4.21. The van der Waals surface area contributed by atoms with E-state index in [0.717, 1.165) is 25.7 Å². The largest absolute Gasteiger partial charge is 0.469 e. The van der Waals surface area contributed by atoms with Crippen molar-refractivity contribution in [3.05, 3.63) is 0 Å². The number of unbranched alkanes of at least 4 members (excludes halogenated alkanes) is 4. The van der Waals surface area contributed by atoms with Crippen molar-refractivity contribution in [1.29, 1.82) is 0 Å². The van der Waals surface area contributed by atoms with Crippen molar-refractivity contribution in [3.8, 4) is 0 Å². The molecule has 0 aliphatic rings. The molecule has 0 heterocycles. The van der Waals surface area contributed by atoms with Gasteiger partial charge in [0.1, 0.15) is 0 Å². The van der Waals surface area contributed by atoms with Crippen LogP contribution >= 0.6 is 15.6 Å². The number of rotatable bonds is 10. The van der Waals surface area contributed by atoms with Gasteiger partial charge in [-0.05, 0) is 12.8 Å². The molecule has 0 fully saturated rings. The Labute approximate surface area is 120 Å². The summed E-state index contributed by atoms with van der Waals surface area (Å²) >= 11 is 0. The Kier molecular flexibility index (Phi) is 14.5. The lowest BCUT2D eigenvalue weighted by atomic mass is 10.3. The van der Waals surface area contributed by atoms with Crippen molar-refractivity contribution in [2.75, 3.05) is 13.2 Å². The van der Waals surface area contributed by atoms with Gasteiger partial charge in [0.15, 0.2) is 0 Å². The fraction of sp³-hybridized carbons (Fsp3) is 1.00. The van der Waals surface area contributed by atoms with Crippen LogP contribution < -0.4 is 0 Å². The number of phosphoric ester groups is 2. The zero-order chi connectivity index (χ0) is 16.1. The standard InChI is InChI=1S/2C5H13O4P/c2*1-2-3-4-5-9-10(6,7)8/h2*2-5H2,1H3,(H2,6,7,8). The molecule has 0 spiro atoms. The van der Waals surface area contributed by atoms with E-state index >= 15 is 0 Å². The van der Waals surface area contributed by atoms with Gasteiger partial charge in [-0.1, -0.05) is 39.5 Å². The zero-order valence-electron chi connectivity index (χ0n) is 12.0. The number of hydrogen-bond acceptors (Lipinski definition) is 4. The van der Waals surface area contributed by atoms with Crippen LogP contribution in [0.3, 0.4) is 0 Å². The van der Waals surface area contributed by atoms with Crippen LogP contribution in [0, 0.1) is 0 Å². The summed E-state index contributed by atoms with van der Waals surface area (Å²) < 4.78 is 28.5. The molecule has 0 aliphatic carbocycles. The molecule has 0 saturated heterocycles. The molecule has 0 bridgehead atoms. The molecule has 124 valence electrons. The lowest BCUT2D eigenvalue weighted by Crippen LogP contribution is -1.91. The fourth-order valence-electron chi connectivity index (χ4n) is 1.07. The molecule has 0 rings (SSSR count). The van der Waals surface area contributed by atoms with Crippen molar-refractivity contribution < 1.29 is 37.8 Å². The van der Waals surface area contributed by atoms with Crippen LogP contribution in [0.1, 0.15) is 52.4 Å². The van der Waals surface area contributed by atoms with Crippen LogP contribution in [0.2, 0.25) is 0 Å². The molecule has 20 heavy (non-hydrogen) atoms. The van der Waals surface area contributed by atoms with Gasteiger partial charge in [-0.2, -0.15) is 0 Å². The smallest absolute Gasteiger partial charge is 0.303 e. The van der Waals surface area contributed by atoms with Gasteiger partial charge in [0.2, 0.25) is 0 Å². The molecule has 0 atom stereocenters. The van der Waals surface area contributed by atoms with Gasteiger partial charge in [-0.3, -0.25) is 9.05 Å². The van der Waals surface area contributed by atoms with E-state index in [1.165, 1.54) is 0 Å². The van der Waals surface area contributed by atoms with Crippen LogP contribution in [-0.4, -0.2) is 32.8 Å². The third-order valence-electron chi connectivity index (χ3n) is 2.01. The van der Waals surface area contributed by atoms with Gasteiger partial charge in [-0.15, -0.1) is 0 Å². The maximum Gasteiger partial charge on any atom is 0.469 e. The Balaban J connectivity index is 0. The summed E-state index contributed by atoms with van der Waals surface area (Å²) in [5.74, 6) is 0. The third-order valence-corrected chi connectivity index (χ3v) is 3.05. The average molecular weight is 336 g/mol. The predicted molar refractivity (Wildman–Crippen MR) is 75.0 cm³/mol. The summed E-state index contributed by atoms with van der Waals surface area (Å²) in [6.45, 7) is 4.32. The molecule has 8 nitrogen and oxygen atoms in total. The molecule has 4 N–H and O–H groups in total. The van der Waals surface area contributed by atoms with E-state index in [9.17, 15) is 9.13 Å². The topological polar surface area (TPSA) is 134 Å². The van der Waals surface area contributed by atoms with E-state index in [0.29, 0.717) is 12.8 Å². The van der Waals surface area contributed by atoms with Gasteiger partial charge in [0.05, 0.1) is 13.2 Å². The molecule has 0 aliphatic heterocycles. The maximum absolute atomic E-state index is 10.1. The van der Waals surface area contributed by atoms with Gasteiger partial charge >= 0.3 is 15.6 Å². The Morgan fingerprint density at radius 3 is 1.20 bits per heavy atom. The van der Waals surface area contributed by atoms with E-state index in [1.54, 1.807) is 0 Å². The van der Waals surface area contributed by atoms with Crippen LogP contribution in [0.4, 0.5) is 0 Å². The van der Waals surface area contributed by atoms with Crippen LogP contribution in [-0.2, 0) is 18.2 Å². The predicted octanol–water partition coefficient (Wildman–Crippen LogP) is 2.57. The second-order valence-electron chi connectivity index (χ2n) is 4.06. The van der Waals surface area contributed by atoms with Gasteiger partial charge in [0.25, 0.3) is 0 Å². The molecule has 0 aromatic carbocycles. The first-order valence-corrected chi connectivity index (χ1v) is 9.58. The second-order valence-corrected chi connectivity index (χ2v) is 6.54. The summed E-state index contributed by atoms with van der Waals surface area (Å²) in [7, 11) is -8.41. The molecule has 10 heteroatoms. The Morgan fingerprint density at radius 1 is 0.700 bits per heavy atom. The van der Waals surface area contributed by atoms with E-state index in [2.05, 4.69) is 9.05 Å². The van der Waals surface area contributed by atoms with Crippen molar-refractivity contribution in [3.63, 3.8) is 0 Å². The number of phosphoric acid groups is 2. The van der Waals surface area contributed by atoms with E-state index in [4.69, 9.17) is 19.6 Å². The van der Waals surface area contributed by atoms with Crippen molar-refractivity contribution in [2.45, 2.75) is 52.4 Å².